The van der Waals surface area contributed by atoms with Crippen molar-refractivity contribution in [2.24, 2.45) is 0 Å². The second-order valence-corrected chi connectivity index (χ2v) is 4.28. The van der Waals surface area contributed by atoms with Crippen molar-refractivity contribution < 1.29 is 9.18 Å². The number of halogens is 2. The lowest BCUT2D eigenvalue weighted by Crippen LogP contribution is -2.23. The quantitative estimate of drug-likeness (QED) is 0.946. The molecule has 0 unspecified atom stereocenters. The van der Waals surface area contributed by atoms with Crippen molar-refractivity contribution in [3.63, 3.8) is 0 Å². The average molecular weight is 310 g/mol. The summed E-state index contributed by atoms with van der Waals surface area (Å²) in [4.78, 5) is 19.6. The lowest BCUT2D eigenvalue weighted by molar-refractivity contribution is 0.0949. The van der Waals surface area contributed by atoms with Crippen molar-refractivity contribution in [3.8, 4) is 0 Å². The van der Waals surface area contributed by atoms with Crippen molar-refractivity contribution in [1.29, 1.82) is 0 Å². The maximum atomic E-state index is 13.3. The van der Waals surface area contributed by atoms with Gasteiger partial charge in [-0.05, 0) is 34.1 Å². The van der Waals surface area contributed by atoms with Crippen molar-refractivity contribution in [3.05, 3.63) is 58.3 Å². The predicted molar refractivity (Wildman–Crippen MR) is 67.3 cm³/mol. The molecule has 1 aromatic heterocycles. The number of nitrogens with zero attached hydrogens (tertiary/aromatic N) is 2. The van der Waals surface area contributed by atoms with Gasteiger partial charge in [0.05, 0.1) is 22.3 Å². The molecule has 18 heavy (non-hydrogen) atoms. The van der Waals surface area contributed by atoms with Crippen LogP contribution in [0.3, 0.4) is 0 Å². The lowest BCUT2D eigenvalue weighted by Gasteiger charge is -2.06. The molecule has 6 heteroatoms. The third-order valence-corrected chi connectivity index (χ3v) is 3.08. The molecule has 0 aliphatic heterocycles. The van der Waals surface area contributed by atoms with Gasteiger partial charge in [0.1, 0.15) is 12.1 Å². The maximum absolute atomic E-state index is 13.3. The Morgan fingerprint density at radius 3 is 2.94 bits per heavy atom. The molecule has 0 saturated heterocycles. The first-order chi connectivity index (χ1) is 8.68. The van der Waals surface area contributed by atoms with Crippen molar-refractivity contribution in [1.82, 2.24) is 15.3 Å². The number of rotatable bonds is 3. The second kappa shape index (κ2) is 5.68. The lowest BCUT2D eigenvalue weighted by atomic mass is 10.2. The van der Waals surface area contributed by atoms with Crippen LogP contribution >= 0.6 is 15.9 Å². The largest absolute Gasteiger partial charge is 0.346 e. The highest BCUT2D eigenvalue weighted by Crippen LogP contribution is 2.20. The summed E-state index contributed by atoms with van der Waals surface area (Å²) in [6, 6.07) is 6.01. The zero-order valence-corrected chi connectivity index (χ0v) is 10.8. The van der Waals surface area contributed by atoms with E-state index < -0.39 is 5.82 Å². The Balaban J connectivity index is 2.07. The van der Waals surface area contributed by atoms with Crippen LogP contribution in [0.15, 0.2) is 41.3 Å². The number of carbonyl (C=O) groups excluding carboxylic acids is 1. The highest BCUT2D eigenvalue weighted by atomic mass is 79.9. The van der Waals surface area contributed by atoms with Gasteiger partial charge in [-0.2, -0.15) is 0 Å². The van der Waals surface area contributed by atoms with Gasteiger partial charge in [0.25, 0.3) is 5.91 Å². The Bertz CT molecular complexity index is 563. The van der Waals surface area contributed by atoms with Gasteiger partial charge in [-0.25, -0.2) is 14.4 Å². The van der Waals surface area contributed by atoms with Gasteiger partial charge in [-0.3, -0.25) is 4.79 Å². The number of hydrogen-bond acceptors (Lipinski definition) is 3. The fourth-order valence-corrected chi connectivity index (χ4v) is 1.81. The summed E-state index contributed by atoms with van der Waals surface area (Å²) in [6.07, 6.45) is 2.99. The summed E-state index contributed by atoms with van der Waals surface area (Å²) >= 11 is 3.05. The van der Waals surface area contributed by atoms with E-state index in [1.165, 1.54) is 18.5 Å². The van der Waals surface area contributed by atoms with E-state index in [0.717, 1.165) is 0 Å². The molecular weight excluding hydrogens is 301 g/mol. The standard InChI is InChI=1S/C12H9BrFN3O/c13-11-9(2-1-3-10(11)14)12(18)16-6-8-4-5-15-7-17-8/h1-5,7H,6H2,(H,16,18). The topological polar surface area (TPSA) is 54.9 Å². The molecule has 0 aliphatic carbocycles. The Morgan fingerprint density at radius 1 is 1.39 bits per heavy atom. The van der Waals surface area contributed by atoms with Crippen LogP contribution in [0.4, 0.5) is 4.39 Å². The number of carbonyl (C=O) groups is 1. The monoisotopic (exact) mass is 309 g/mol. The second-order valence-electron chi connectivity index (χ2n) is 3.48. The Kier molecular flexibility index (Phi) is 3.99. The molecule has 0 spiro atoms. The van der Waals surface area contributed by atoms with E-state index in [4.69, 9.17) is 0 Å². The van der Waals surface area contributed by atoms with Gasteiger partial charge in [-0.15, -0.1) is 0 Å². The van der Waals surface area contributed by atoms with E-state index >= 15 is 0 Å². The number of benzene rings is 1. The summed E-state index contributed by atoms with van der Waals surface area (Å²) in [7, 11) is 0. The van der Waals surface area contributed by atoms with Crippen molar-refractivity contribution in [2.75, 3.05) is 0 Å². The Hall–Kier alpha value is -1.82. The van der Waals surface area contributed by atoms with Crippen LogP contribution in [-0.4, -0.2) is 15.9 Å². The molecule has 1 aromatic carbocycles. The molecule has 2 rings (SSSR count). The minimum Gasteiger partial charge on any atom is -0.346 e. The fourth-order valence-electron chi connectivity index (χ4n) is 1.37. The van der Waals surface area contributed by atoms with Crippen molar-refractivity contribution in [2.45, 2.75) is 6.54 Å². The minimum absolute atomic E-state index is 0.158. The van der Waals surface area contributed by atoms with E-state index in [-0.39, 0.29) is 22.5 Å². The van der Waals surface area contributed by atoms with Gasteiger partial charge in [0, 0.05) is 6.20 Å². The molecular formula is C12H9BrFN3O. The molecule has 92 valence electrons. The van der Waals surface area contributed by atoms with Gasteiger partial charge < -0.3 is 5.32 Å². The zero-order valence-electron chi connectivity index (χ0n) is 9.23. The van der Waals surface area contributed by atoms with Crippen LogP contribution in [-0.2, 0) is 6.54 Å². The number of amides is 1. The average Bonchev–Trinajstić information content (AvgIpc) is 2.40. The number of nitrogens with one attached hydrogen (secondary N) is 1. The van der Waals surface area contributed by atoms with Gasteiger partial charge in [0.2, 0.25) is 0 Å². The summed E-state index contributed by atoms with van der Waals surface area (Å²) in [5, 5.41) is 2.66. The van der Waals surface area contributed by atoms with Crippen LogP contribution < -0.4 is 5.32 Å². The van der Waals surface area contributed by atoms with Crippen LogP contribution in [0.25, 0.3) is 0 Å². The first kappa shape index (κ1) is 12.6. The van der Waals surface area contributed by atoms with E-state index in [9.17, 15) is 9.18 Å². The summed E-state index contributed by atoms with van der Waals surface area (Å²) in [6.45, 7) is 0.268. The molecule has 0 aliphatic rings. The molecule has 0 saturated carbocycles. The molecule has 2 aromatic rings. The molecule has 1 heterocycles. The Morgan fingerprint density at radius 2 is 2.22 bits per heavy atom. The van der Waals surface area contributed by atoms with Gasteiger partial charge in [-0.1, -0.05) is 6.07 Å². The maximum Gasteiger partial charge on any atom is 0.252 e. The van der Waals surface area contributed by atoms with Crippen LogP contribution in [0, 0.1) is 5.82 Å². The van der Waals surface area contributed by atoms with Crippen molar-refractivity contribution >= 4 is 21.8 Å². The van der Waals surface area contributed by atoms with E-state index in [2.05, 4.69) is 31.2 Å². The molecule has 4 nitrogen and oxygen atoms in total. The molecule has 0 bridgehead atoms. The van der Waals surface area contributed by atoms with Gasteiger partial charge >= 0.3 is 0 Å². The molecule has 0 atom stereocenters. The van der Waals surface area contributed by atoms with Crippen LogP contribution in [0.5, 0.6) is 0 Å². The van der Waals surface area contributed by atoms with Crippen LogP contribution in [0.1, 0.15) is 16.1 Å². The smallest absolute Gasteiger partial charge is 0.252 e. The SMILES string of the molecule is O=C(NCc1ccncn1)c1cccc(F)c1Br. The zero-order chi connectivity index (χ0) is 13.0. The van der Waals surface area contributed by atoms with E-state index in [1.54, 1.807) is 18.3 Å². The normalized spacial score (nSPS) is 10.1. The number of aromatic nitrogens is 2. The summed E-state index contributed by atoms with van der Waals surface area (Å²) in [5.41, 5.74) is 0.940. The third kappa shape index (κ3) is 2.89. The fraction of sp³-hybridized carbons (Fsp3) is 0.0833. The third-order valence-electron chi connectivity index (χ3n) is 2.27. The molecule has 0 radical (unpaired) electrons. The van der Waals surface area contributed by atoms with E-state index in [0.29, 0.717) is 5.69 Å². The van der Waals surface area contributed by atoms with Crippen LogP contribution in [0.2, 0.25) is 0 Å². The van der Waals surface area contributed by atoms with E-state index in [1.807, 2.05) is 0 Å². The predicted octanol–water partition coefficient (Wildman–Crippen LogP) is 2.31. The Labute approximate surface area is 111 Å². The summed E-state index contributed by atoms with van der Waals surface area (Å²) in [5.74, 6) is -0.829. The first-order valence-electron chi connectivity index (χ1n) is 5.15. The van der Waals surface area contributed by atoms with Gasteiger partial charge in [0.15, 0.2) is 0 Å². The molecule has 1 N–H and O–H groups in total. The minimum atomic E-state index is -0.468. The highest BCUT2D eigenvalue weighted by Gasteiger charge is 2.12. The molecule has 0 fully saturated rings. The first-order valence-corrected chi connectivity index (χ1v) is 5.95. The summed E-state index contributed by atoms with van der Waals surface area (Å²) < 4.78 is 13.4. The molecule has 1 amide bonds. The highest BCUT2D eigenvalue weighted by molar-refractivity contribution is 9.10. The number of hydrogen-bond donors (Lipinski definition) is 1.